The summed E-state index contributed by atoms with van der Waals surface area (Å²) in [5.41, 5.74) is 1.27. The van der Waals surface area contributed by atoms with E-state index in [4.69, 9.17) is 4.74 Å². The maximum atomic E-state index is 5.76. The molecular weight excluding hydrogens is 186 g/mol. The Balaban J connectivity index is 1.43. The highest BCUT2D eigenvalue weighted by atomic mass is 16.5. The molecule has 0 aromatic heterocycles. The molecule has 1 heterocycles. The van der Waals surface area contributed by atoms with Gasteiger partial charge in [-0.05, 0) is 24.3 Å². The number of nitrogens with one attached hydrogen (secondary N) is 1. The minimum Gasteiger partial charge on any atom is -0.376 e. The van der Waals surface area contributed by atoms with Crippen molar-refractivity contribution in [3.63, 3.8) is 0 Å². The molecule has 80 valence electrons. The standard InChI is InChI=1S/C13H17NO/c1-2-4-10(5-3-1)8-15-9-11-6-7-12-13(11)14-12/h1-5,11-14H,6-9H2. The molecule has 0 spiro atoms. The second kappa shape index (κ2) is 3.95. The minimum absolute atomic E-state index is 0.759. The molecule has 1 aromatic carbocycles. The Morgan fingerprint density at radius 1 is 1.20 bits per heavy atom. The maximum Gasteiger partial charge on any atom is 0.0717 e. The number of hydrogen-bond acceptors (Lipinski definition) is 2. The van der Waals surface area contributed by atoms with E-state index in [-0.39, 0.29) is 0 Å². The Bertz CT molecular complexity index is 325. The van der Waals surface area contributed by atoms with Gasteiger partial charge in [0.15, 0.2) is 0 Å². The summed E-state index contributed by atoms with van der Waals surface area (Å²) in [7, 11) is 0. The number of rotatable bonds is 4. The second-order valence-corrected chi connectivity index (χ2v) is 4.64. The predicted octanol–water partition coefficient (Wildman–Crippen LogP) is 1.95. The molecule has 15 heavy (non-hydrogen) atoms. The minimum atomic E-state index is 0.759. The number of benzene rings is 1. The van der Waals surface area contributed by atoms with Gasteiger partial charge in [0, 0.05) is 12.1 Å². The zero-order chi connectivity index (χ0) is 10.1. The zero-order valence-corrected chi connectivity index (χ0v) is 8.86. The van der Waals surface area contributed by atoms with Crippen LogP contribution in [0.5, 0.6) is 0 Å². The van der Waals surface area contributed by atoms with Crippen LogP contribution in [0.15, 0.2) is 30.3 Å². The van der Waals surface area contributed by atoms with Crippen LogP contribution in [0, 0.1) is 5.92 Å². The van der Waals surface area contributed by atoms with E-state index in [0.29, 0.717) is 0 Å². The molecule has 2 fully saturated rings. The van der Waals surface area contributed by atoms with Crippen molar-refractivity contribution >= 4 is 0 Å². The third kappa shape index (κ3) is 2.06. The van der Waals surface area contributed by atoms with Crippen molar-refractivity contribution in [2.24, 2.45) is 5.92 Å². The van der Waals surface area contributed by atoms with Crippen molar-refractivity contribution in [1.29, 1.82) is 0 Å². The maximum absolute atomic E-state index is 5.76. The second-order valence-electron chi connectivity index (χ2n) is 4.64. The van der Waals surface area contributed by atoms with Gasteiger partial charge >= 0.3 is 0 Å². The molecule has 2 nitrogen and oxygen atoms in total. The molecule has 0 amide bonds. The van der Waals surface area contributed by atoms with Gasteiger partial charge in [0.1, 0.15) is 0 Å². The molecule has 3 rings (SSSR count). The van der Waals surface area contributed by atoms with Gasteiger partial charge in [-0.15, -0.1) is 0 Å². The fraction of sp³-hybridized carbons (Fsp3) is 0.538. The van der Waals surface area contributed by atoms with Gasteiger partial charge < -0.3 is 10.1 Å². The van der Waals surface area contributed by atoms with Crippen LogP contribution in [-0.2, 0) is 11.3 Å². The van der Waals surface area contributed by atoms with Crippen molar-refractivity contribution in [3.8, 4) is 0 Å². The largest absolute Gasteiger partial charge is 0.376 e. The lowest BCUT2D eigenvalue weighted by Crippen LogP contribution is -2.15. The number of hydrogen-bond donors (Lipinski definition) is 1. The average Bonchev–Trinajstić information content (AvgIpc) is 2.96. The molecule has 0 bridgehead atoms. The Hall–Kier alpha value is -0.860. The molecule has 2 aliphatic rings. The van der Waals surface area contributed by atoms with E-state index in [1.165, 1.54) is 18.4 Å². The lowest BCUT2D eigenvalue weighted by atomic mass is 10.1. The third-order valence-electron chi connectivity index (χ3n) is 3.53. The molecule has 3 unspecified atom stereocenters. The van der Waals surface area contributed by atoms with Crippen molar-refractivity contribution in [3.05, 3.63) is 35.9 Å². The summed E-state index contributed by atoms with van der Waals surface area (Å²) in [5.74, 6) is 0.763. The van der Waals surface area contributed by atoms with Crippen molar-refractivity contribution in [1.82, 2.24) is 5.32 Å². The van der Waals surface area contributed by atoms with E-state index in [2.05, 4.69) is 29.6 Å². The van der Waals surface area contributed by atoms with Gasteiger partial charge in [0.2, 0.25) is 0 Å². The highest BCUT2D eigenvalue weighted by molar-refractivity contribution is 5.13. The zero-order valence-electron chi connectivity index (χ0n) is 8.86. The molecule has 1 saturated carbocycles. The molecule has 1 aliphatic heterocycles. The number of fused-ring (bicyclic) bond motifs is 1. The first-order chi connectivity index (χ1) is 7.43. The van der Waals surface area contributed by atoms with Crippen LogP contribution in [0.1, 0.15) is 18.4 Å². The Labute approximate surface area is 90.6 Å². The van der Waals surface area contributed by atoms with Crippen LogP contribution in [-0.4, -0.2) is 18.7 Å². The monoisotopic (exact) mass is 203 g/mol. The molecule has 3 atom stereocenters. The molecule has 1 N–H and O–H groups in total. The normalized spacial score (nSPS) is 32.7. The van der Waals surface area contributed by atoms with E-state index < -0.39 is 0 Å². The smallest absolute Gasteiger partial charge is 0.0717 e. The predicted molar refractivity (Wildman–Crippen MR) is 59.5 cm³/mol. The first-order valence-corrected chi connectivity index (χ1v) is 5.81. The third-order valence-corrected chi connectivity index (χ3v) is 3.53. The Morgan fingerprint density at radius 2 is 2.07 bits per heavy atom. The average molecular weight is 203 g/mol. The van der Waals surface area contributed by atoms with Crippen LogP contribution in [0.3, 0.4) is 0 Å². The summed E-state index contributed by atoms with van der Waals surface area (Å²) in [6, 6.07) is 12.0. The summed E-state index contributed by atoms with van der Waals surface area (Å²) >= 11 is 0. The molecule has 0 radical (unpaired) electrons. The summed E-state index contributed by atoms with van der Waals surface area (Å²) < 4.78 is 5.76. The lowest BCUT2D eigenvalue weighted by molar-refractivity contribution is 0.0873. The lowest BCUT2D eigenvalue weighted by Gasteiger charge is -2.11. The van der Waals surface area contributed by atoms with Gasteiger partial charge in [0.05, 0.1) is 13.2 Å². The van der Waals surface area contributed by atoms with Crippen LogP contribution < -0.4 is 5.32 Å². The molecular formula is C13H17NO. The van der Waals surface area contributed by atoms with Crippen molar-refractivity contribution < 1.29 is 4.74 Å². The summed E-state index contributed by atoms with van der Waals surface area (Å²) in [4.78, 5) is 0. The van der Waals surface area contributed by atoms with Crippen LogP contribution >= 0.6 is 0 Å². The van der Waals surface area contributed by atoms with E-state index in [1.807, 2.05) is 6.07 Å². The van der Waals surface area contributed by atoms with Crippen LogP contribution in [0.2, 0.25) is 0 Å². The number of ether oxygens (including phenoxy) is 1. The first-order valence-electron chi connectivity index (χ1n) is 5.81. The molecule has 1 saturated heterocycles. The van der Waals surface area contributed by atoms with E-state index in [1.54, 1.807) is 0 Å². The summed E-state index contributed by atoms with van der Waals surface area (Å²) in [6.07, 6.45) is 2.70. The van der Waals surface area contributed by atoms with E-state index in [0.717, 1.165) is 31.2 Å². The summed E-state index contributed by atoms with van der Waals surface area (Å²) in [6.45, 7) is 1.68. The molecule has 2 heteroatoms. The molecule has 1 aliphatic carbocycles. The molecule has 1 aromatic rings. The van der Waals surface area contributed by atoms with Crippen LogP contribution in [0.25, 0.3) is 0 Å². The van der Waals surface area contributed by atoms with Crippen molar-refractivity contribution in [2.45, 2.75) is 31.5 Å². The van der Waals surface area contributed by atoms with E-state index >= 15 is 0 Å². The van der Waals surface area contributed by atoms with Crippen LogP contribution in [0.4, 0.5) is 0 Å². The van der Waals surface area contributed by atoms with Gasteiger partial charge in [-0.1, -0.05) is 30.3 Å². The van der Waals surface area contributed by atoms with Gasteiger partial charge in [0.25, 0.3) is 0 Å². The fourth-order valence-corrected chi connectivity index (χ4v) is 2.58. The van der Waals surface area contributed by atoms with E-state index in [9.17, 15) is 0 Å². The van der Waals surface area contributed by atoms with Gasteiger partial charge in [-0.2, -0.15) is 0 Å². The van der Waals surface area contributed by atoms with Gasteiger partial charge in [-0.3, -0.25) is 0 Å². The quantitative estimate of drug-likeness (QED) is 0.758. The first kappa shape index (κ1) is 9.37. The van der Waals surface area contributed by atoms with Crippen molar-refractivity contribution in [2.75, 3.05) is 6.61 Å². The highest BCUT2D eigenvalue weighted by Crippen LogP contribution is 2.36. The fourth-order valence-electron chi connectivity index (χ4n) is 2.58. The van der Waals surface area contributed by atoms with Gasteiger partial charge in [-0.25, -0.2) is 0 Å². The highest BCUT2D eigenvalue weighted by Gasteiger charge is 2.47. The number of piperidine rings is 1. The topological polar surface area (TPSA) is 31.2 Å². The summed E-state index contributed by atoms with van der Waals surface area (Å²) in [5, 5.41) is 3.49. The SMILES string of the molecule is c1ccc(COCC2CCC3NC23)cc1. The Morgan fingerprint density at radius 3 is 2.73 bits per heavy atom. The Kier molecular flexibility index (Phi) is 2.47.